The van der Waals surface area contributed by atoms with Gasteiger partial charge in [-0.25, -0.2) is 8.78 Å². The summed E-state index contributed by atoms with van der Waals surface area (Å²) in [7, 11) is 0. The molecule has 2 heterocycles. The number of hydrogen-bond donors (Lipinski definition) is 1. The second-order valence-electron chi connectivity index (χ2n) is 4.67. The molecule has 0 aliphatic carbocycles. The Balaban J connectivity index is 1.91. The normalized spacial score (nSPS) is 23.1. The standard InChI is InChI=1S/C13H15F2NO2/c14-13(15,10-3-4-16-8-10)9-1-2-11-12(7-9)18-6-5-17-11/h1-2,7,10,16H,3-6,8H2. The van der Waals surface area contributed by atoms with Gasteiger partial charge < -0.3 is 14.8 Å². The Morgan fingerprint density at radius 2 is 1.94 bits per heavy atom. The van der Waals surface area contributed by atoms with Crippen LogP contribution in [-0.4, -0.2) is 26.3 Å². The van der Waals surface area contributed by atoms with Gasteiger partial charge in [0, 0.05) is 18.0 Å². The van der Waals surface area contributed by atoms with Gasteiger partial charge in [0.2, 0.25) is 0 Å². The van der Waals surface area contributed by atoms with Crippen molar-refractivity contribution in [3.05, 3.63) is 23.8 Å². The van der Waals surface area contributed by atoms with Crippen molar-refractivity contribution in [2.75, 3.05) is 26.3 Å². The molecule has 0 amide bonds. The van der Waals surface area contributed by atoms with Crippen LogP contribution in [0.3, 0.4) is 0 Å². The van der Waals surface area contributed by atoms with E-state index >= 15 is 0 Å². The van der Waals surface area contributed by atoms with Crippen LogP contribution < -0.4 is 14.8 Å². The molecule has 0 bridgehead atoms. The fourth-order valence-electron chi connectivity index (χ4n) is 2.45. The monoisotopic (exact) mass is 255 g/mol. The lowest BCUT2D eigenvalue weighted by molar-refractivity contribution is -0.0578. The molecule has 2 aliphatic heterocycles. The van der Waals surface area contributed by atoms with Crippen LogP contribution in [0.4, 0.5) is 8.78 Å². The van der Waals surface area contributed by atoms with E-state index in [-0.39, 0.29) is 5.56 Å². The Labute approximate surface area is 104 Å². The van der Waals surface area contributed by atoms with Gasteiger partial charge in [-0.2, -0.15) is 0 Å². The summed E-state index contributed by atoms with van der Waals surface area (Å²) in [5, 5.41) is 2.97. The fourth-order valence-corrected chi connectivity index (χ4v) is 2.45. The van der Waals surface area contributed by atoms with Crippen molar-refractivity contribution < 1.29 is 18.3 Å². The molecule has 0 radical (unpaired) electrons. The van der Waals surface area contributed by atoms with Gasteiger partial charge in [0.25, 0.3) is 5.92 Å². The third kappa shape index (κ3) is 1.92. The zero-order valence-electron chi connectivity index (χ0n) is 9.92. The summed E-state index contributed by atoms with van der Waals surface area (Å²) in [5.41, 5.74) is 0.0143. The molecule has 1 fully saturated rings. The smallest absolute Gasteiger partial charge is 0.277 e. The topological polar surface area (TPSA) is 30.5 Å². The van der Waals surface area contributed by atoms with Crippen molar-refractivity contribution in [2.45, 2.75) is 12.3 Å². The minimum Gasteiger partial charge on any atom is -0.486 e. The van der Waals surface area contributed by atoms with Gasteiger partial charge in [-0.15, -0.1) is 0 Å². The highest BCUT2D eigenvalue weighted by atomic mass is 19.3. The van der Waals surface area contributed by atoms with Crippen LogP contribution in [0.1, 0.15) is 12.0 Å². The van der Waals surface area contributed by atoms with E-state index in [4.69, 9.17) is 9.47 Å². The largest absolute Gasteiger partial charge is 0.486 e. The third-order valence-electron chi connectivity index (χ3n) is 3.50. The molecule has 0 spiro atoms. The maximum Gasteiger partial charge on any atom is 0.277 e. The van der Waals surface area contributed by atoms with Gasteiger partial charge in [-0.1, -0.05) is 0 Å². The fraction of sp³-hybridized carbons (Fsp3) is 0.538. The minimum atomic E-state index is -2.82. The number of rotatable bonds is 2. The lowest BCUT2D eigenvalue weighted by atomic mass is 9.93. The van der Waals surface area contributed by atoms with E-state index < -0.39 is 11.8 Å². The van der Waals surface area contributed by atoms with Gasteiger partial charge >= 0.3 is 0 Å². The molecule has 1 N–H and O–H groups in total. The van der Waals surface area contributed by atoms with E-state index in [0.717, 1.165) is 0 Å². The quantitative estimate of drug-likeness (QED) is 0.878. The number of alkyl halides is 2. The molecule has 1 aromatic carbocycles. The number of hydrogen-bond acceptors (Lipinski definition) is 3. The predicted octanol–water partition coefficient (Wildman–Crippen LogP) is 2.16. The lowest BCUT2D eigenvalue weighted by Gasteiger charge is -2.25. The average Bonchev–Trinajstić information content (AvgIpc) is 2.92. The molecule has 1 unspecified atom stereocenters. The Morgan fingerprint density at radius 3 is 2.67 bits per heavy atom. The van der Waals surface area contributed by atoms with Crippen LogP contribution >= 0.6 is 0 Å². The lowest BCUT2D eigenvalue weighted by Crippen LogP contribution is -2.28. The molecule has 0 aromatic heterocycles. The predicted molar refractivity (Wildman–Crippen MR) is 62.3 cm³/mol. The minimum absolute atomic E-state index is 0.0143. The molecular formula is C13H15F2NO2. The number of benzene rings is 1. The van der Waals surface area contributed by atoms with Crippen molar-refractivity contribution in [1.82, 2.24) is 5.32 Å². The van der Waals surface area contributed by atoms with Gasteiger partial charge in [-0.3, -0.25) is 0 Å². The van der Waals surface area contributed by atoms with Gasteiger partial charge in [0.15, 0.2) is 11.5 Å². The Bertz CT molecular complexity index is 445. The molecule has 18 heavy (non-hydrogen) atoms. The van der Waals surface area contributed by atoms with E-state index in [1.807, 2.05) is 0 Å². The van der Waals surface area contributed by atoms with Crippen molar-refractivity contribution in [1.29, 1.82) is 0 Å². The summed E-state index contributed by atoms with van der Waals surface area (Å²) in [6.45, 7) is 1.90. The molecule has 98 valence electrons. The first kappa shape index (κ1) is 11.7. The average molecular weight is 255 g/mol. The van der Waals surface area contributed by atoms with Crippen molar-refractivity contribution in [3.63, 3.8) is 0 Å². The highest BCUT2D eigenvalue weighted by Crippen LogP contribution is 2.42. The van der Waals surface area contributed by atoms with Gasteiger partial charge in [0.1, 0.15) is 13.2 Å². The first-order valence-corrected chi connectivity index (χ1v) is 6.16. The SMILES string of the molecule is FC(F)(c1ccc2c(c1)OCCO2)C1CCNC1. The van der Waals surface area contributed by atoms with E-state index in [9.17, 15) is 8.78 Å². The van der Waals surface area contributed by atoms with Crippen LogP contribution in [0.15, 0.2) is 18.2 Å². The summed E-state index contributed by atoms with van der Waals surface area (Å²) in [4.78, 5) is 0. The summed E-state index contributed by atoms with van der Waals surface area (Å²) in [6.07, 6.45) is 0.501. The molecule has 3 nitrogen and oxygen atoms in total. The van der Waals surface area contributed by atoms with Crippen LogP contribution in [-0.2, 0) is 5.92 Å². The molecular weight excluding hydrogens is 240 g/mol. The molecule has 5 heteroatoms. The van der Waals surface area contributed by atoms with E-state index in [0.29, 0.717) is 44.2 Å². The van der Waals surface area contributed by atoms with Crippen LogP contribution in [0.5, 0.6) is 11.5 Å². The number of nitrogens with one attached hydrogen (secondary N) is 1. The Hall–Kier alpha value is -1.36. The van der Waals surface area contributed by atoms with Gasteiger partial charge in [-0.05, 0) is 31.2 Å². The summed E-state index contributed by atoms with van der Waals surface area (Å²) < 4.78 is 39.3. The summed E-state index contributed by atoms with van der Waals surface area (Å²) in [5.74, 6) is -2.49. The highest BCUT2D eigenvalue weighted by Gasteiger charge is 2.43. The molecule has 1 saturated heterocycles. The maximum atomic E-state index is 14.3. The number of ether oxygens (including phenoxy) is 2. The Morgan fingerprint density at radius 1 is 1.17 bits per heavy atom. The summed E-state index contributed by atoms with van der Waals surface area (Å²) in [6, 6.07) is 4.42. The zero-order valence-corrected chi connectivity index (χ0v) is 9.92. The number of fused-ring (bicyclic) bond motifs is 1. The first-order chi connectivity index (χ1) is 8.68. The second kappa shape index (κ2) is 4.39. The molecule has 3 rings (SSSR count). The van der Waals surface area contributed by atoms with Crippen molar-refractivity contribution in [2.24, 2.45) is 5.92 Å². The zero-order chi connectivity index (χ0) is 12.6. The van der Waals surface area contributed by atoms with Crippen LogP contribution in [0.2, 0.25) is 0 Å². The third-order valence-corrected chi connectivity index (χ3v) is 3.50. The maximum absolute atomic E-state index is 14.3. The molecule has 1 aromatic rings. The number of halogens is 2. The van der Waals surface area contributed by atoms with Gasteiger partial charge in [0.05, 0.1) is 0 Å². The molecule has 0 saturated carbocycles. The molecule has 2 aliphatic rings. The summed E-state index contributed by atoms with van der Waals surface area (Å²) >= 11 is 0. The molecule has 1 atom stereocenters. The second-order valence-corrected chi connectivity index (χ2v) is 4.67. The van der Waals surface area contributed by atoms with Crippen LogP contribution in [0, 0.1) is 5.92 Å². The van der Waals surface area contributed by atoms with Crippen molar-refractivity contribution in [3.8, 4) is 11.5 Å². The highest BCUT2D eigenvalue weighted by molar-refractivity contribution is 5.45. The first-order valence-electron chi connectivity index (χ1n) is 6.16. The van der Waals surface area contributed by atoms with E-state index in [2.05, 4.69) is 5.32 Å². The van der Waals surface area contributed by atoms with E-state index in [1.54, 1.807) is 6.07 Å². The Kier molecular flexibility index (Phi) is 2.86. The van der Waals surface area contributed by atoms with Crippen molar-refractivity contribution >= 4 is 0 Å². The van der Waals surface area contributed by atoms with Crippen LogP contribution in [0.25, 0.3) is 0 Å². The van der Waals surface area contributed by atoms with E-state index in [1.165, 1.54) is 12.1 Å².